The number of nitrogens with one attached hydrogen (secondary N) is 2. The van der Waals surface area contributed by atoms with Gasteiger partial charge in [-0.3, -0.25) is 9.59 Å². The molecule has 0 heterocycles. The van der Waals surface area contributed by atoms with Gasteiger partial charge in [-0.25, -0.2) is 10.2 Å². The van der Waals surface area contributed by atoms with Crippen LogP contribution in [0.5, 0.6) is 0 Å². The van der Waals surface area contributed by atoms with Crippen molar-refractivity contribution in [2.75, 3.05) is 13.7 Å². The summed E-state index contributed by atoms with van der Waals surface area (Å²) in [6, 6.07) is 6.51. The van der Waals surface area contributed by atoms with Crippen LogP contribution in [-0.4, -0.2) is 37.7 Å². The van der Waals surface area contributed by atoms with E-state index < -0.39 is 11.9 Å². The summed E-state index contributed by atoms with van der Waals surface area (Å²) < 4.78 is 4.59. The number of hydrogen-bond acceptors (Lipinski definition) is 5. The fraction of sp³-hybridized carbons (Fsp3) is 0.375. The Morgan fingerprint density at radius 3 is 2.39 bits per heavy atom. The number of esters is 1. The van der Waals surface area contributed by atoms with E-state index in [9.17, 15) is 14.4 Å². The number of ether oxygens (including phenoxy) is 1. The first-order valence-electron chi connectivity index (χ1n) is 7.19. The van der Waals surface area contributed by atoms with Gasteiger partial charge in [0.15, 0.2) is 0 Å². The molecule has 0 radical (unpaired) electrons. The molecule has 0 aromatic heterocycles. The smallest absolute Gasteiger partial charge is 0.337 e. The highest BCUT2D eigenvalue weighted by atomic mass is 16.5. The van der Waals surface area contributed by atoms with Gasteiger partial charge in [0.05, 0.1) is 18.9 Å². The number of hydrazone groups is 1. The normalized spacial score (nSPS) is 10.6. The second-order valence-corrected chi connectivity index (χ2v) is 5.28. The van der Waals surface area contributed by atoms with E-state index in [0.717, 1.165) is 0 Å². The van der Waals surface area contributed by atoms with Crippen LogP contribution in [0.3, 0.4) is 0 Å². The van der Waals surface area contributed by atoms with Crippen molar-refractivity contribution in [3.8, 4) is 0 Å². The lowest BCUT2D eigenvalue weighted by atomic mass is 10.1. The molecule has 7 nitrogen and oxygen atoms in total. The summed E-state index contributed by atoms with van der Waals surface area (Å²) in [7, 11) is 1.31. The van der Waals surface area contributed by atoms with Gasteiger partial charge in [-0.2, -0.15) is 5.10 Å². The Morgan fingerprint density at radius 1 is 1.17 bits per heavy atom. The van der Waals surface area contributed by atoms with Gasteiger partial charge in [0, 0.05) is 6.54 Å². The third-order valence-electron chi connectivity index (χ3n) is 2.76. The highest BCUT2D eigenvalue weighted by Gasteiger charge is 2.08. The Morgan fingerprint density at radius 2 is 1.83 bits per heavy atom. The van der Waals surface area contributed by atoms with Crippen LogP contribution in [-0.2, 0) is 14.3 Å². The molecular weight excluding hydrogens is 298 g/mol. The standard InChI is InChI=1S/C16H21N3O4/c1-11(2)9-17-14(20)8-15(21)19-18-10-12-4-6-13(7-5-12)16(22)23-3/h4-7,10-11H,8-9H2,1-3H3,(H,17,20)(H,19,21)/b18-10-. The number of benzene rings is 1. The third-order valence-corrected chi connectivity index (χ3v) is 2.76. The summed E-state index contributed by atoms with van der Waals surface area (Å²) in [5, 5.41) is 6.41. The van der Waals surface area contributed by atoms with E-state index in [1.165, 1.54) is 13.3 Å². The van der Waals surface area contributed by atoms with Crippen LogP contribution in [0.1, 0.15) is 36.2 Å². The van der Waals surface area contributed by atoms with Crippen molar-refractivity contribution < 1.29 is 19.1 Å². The van der Waals surface area contributed by atoms with Gasteiger partial charge >= 0.3 is 5.97 Å². The molecule has 1 aromatic rings. The van der Waals surface area contributed by atoms with E-state index in [2.05, 4.69) is 20.6 Å². The number of amides is 2. The van der Waals surface area contributed by atoms with E-state index >= 15 is 0 Å². The number of hydrogen-bond donors (Lipinski definition) is 2. The van der Waals surface area contributed by atoms with Gasteiger partial charge in [0.25, 0.3) is 0 Å². The summed E-state index contributed by atoms with van der Waals surface area (Å²) in [6.45, 7) is 4.47. The molecule has 0 unspecified atom stereocenters. The maximum Gasteiger partial charge on any atom is 0.337 e. The zero-order chi connectivity index (χ0) is 17.2. The number of carbonyl (C=O) groups excluding carboxylic acids is 3. The number of nitrogens with zero attached hydrogens (tertiary/aromatic N) is 1. The second-order valence-electron chi connectivity index (χ2n) is 5.28. The van der Waals surface area contributed by atoms with Crippen LogP contribution in [0.2, 0.25) is 0 Å². The molecule has 0 aliphatic rings. The average Bonchev–Trinajstić information content (AvgIpc) is 2.52. The van der Waals surface area contributed by atoms with E-state index in [1.807, 2.05) is 13.8 Å². The minimum atomic E-state index is -0.492. The molecule has 0 aliphatic carbocycles. The van der Waals surface area contributed by atoms with Crippen molar-refractivity contribution in [1.29, 1.82) is 0 Å². The maximum absolute atomic E-state index is 11.5. The third kappa shape index (κ3) is 7.21. The molecule has 0 saturated heterocycles. The maximum atomic E-state index is 11.5. The summed E-state index contributed by atoms with van der Waals surface area (Å²) in [6.07, 6.45) is 1.15. The number of methoxy groups -OCH3 is 1. The molecule has 0 atom stereocenters. The van der Waals surface area contributed by atoms with E-state index in [4.69, 9.17) is 0 Å². The Hall–Kier alpha value is -2.70. The highest BCUT2D eigenvalue weighted by molar-refractivity contribution is 5.97. The largest absolute Gasteiger partial charge is 0.465 e. The molecule has 0 fully saturated rings. The van der Waals surface area contributed by atoms with Crippen molar-refractivity contribution in [3.63, 3.8) is 0 Å². The van der Waals surface area contributed by atoms with Crippen LogP contribution >= 0.6 is 0 Å². The SMILES string of the molecule is COC(=O)c1ccc(/C=N\NC(=O)CC(=O)NCC(C)C)cc1. The minimum absolute atomic E-state index is 0.272. The first kappa shape index (κ1) is 18.3. The number of rotatable bonds is 7. The Labute approximate surface area is 135 Å². The van der Waals surface area contributed by atoms with Gasteiger partial charge in [-0.1, -0.05) is 26.0 Å². The van der Waals surface area contributed by atoms with Crippen LogP contribution in [0.4, 0.5) is 0 Å². The van der Waals surface area contributed by atoms with Crippen LogP contribution in [0.15, 0.2) is 29.4 Å². The van der Waals surface area contributed by atoms with Gasteiger partial charge in [-0.15, -0.1) is 0 Å². The van der Waals surface area contributed by atoms with E-state index in [0.29, 0.717) is 23.6 Å². The Bertz CT molecular complexity index is 579. The molecule has 0 bridgehead atoms. The minimum Gasteiger partial charge on any atom is -0.465 e. The summed E-state index contributed by atoms with van der Waals surface area (Å²) in [4.78, 5) is 34.3. The monoisotopic (exact) mass is 319 g/mol. The van der Waals surface area contributed by atoms with Crippen molar-refractivity contribution >= 4 is 24.0 Å². The summed E-state index contributed by atoms with van der Waals surface area (Å²) >= 11 is 0. The molecule has 124 valence electrons. The lowest BCUT2D eigenvalue weighted by Gasteiger charge is -2.06. The summed E-state index contributed by atoms with van der Waals surface area (Å²) in [5.41, 5.74) is 3.40. The number of carbonyl (C=O) groups is 3. The second kappa shape index (κ2) is 9.34. The molecule has 2 amide bonds. The molecule has 23 heavy (non-hydrogen) atoms. The van der Waals surface area contributed by atoms with Gasteiger partial charge < -0.3 is 10.1 Å². The van der Waals surface area contributed by atoms with Crippen LogP contribution in [0, 0.1) is 5.92 Å². The van der Waals surface area contributed by atoms with Crippen molar-refractivity contribution in [3.05, 3.63) is 35.4 Å². The molecule has 0 saturated carbocycles. The molecule has 0 aliphatic heterocycles. The first-order valence-corrected chi connectivity index (χ1v) is 7.19. The zero-order valence-electron chi connectivity index (χ0n) is 13.5. The fourth-order valence-corrected chi connectivity index (χ4v) is 1.57. The molecule has 2 N–H and O–H groups in total. The van der Waals surface area contributed by atoms with Gasteiger partial charge in [-0.05, 0) is 23.6 Å². The van der Waals surface area contributed by atoms with Crippen LogP contribution < -0.4 is 10.7 Å². The molecule has 1 aromatic carbocycles. The molecular formula is C16H21N3O4. The summed E-state index contributed by atoms with van der Waals surface area (Å²) in [5.74, 6) is -0.926. The predicted molar refractivity (Wildman–Crippen MR) is 86.0 cm³/mol. The van der Waals surface area contributed by atoms with Crippen molar-refractivity contribution in [2.45, 2.75) is 20.3 Å². The predicted octanol–water partition coefficient (Wildman–Crippen LogP) is 1.09. The molecule has 7 heteroatoms. The lowest BCUT2D eigenvalue weighted by molar-refractivity contribution is -0.129. The fourth-order valence-electron chi connectivity index (χ4n) is 1.57. The van der Waals surface area contributed by atoms with Gasteiger partial charge in [0.1, 0.15) is 6.42 Å². The topological polar surface area (TPSA) is 96.9 Å². The lowest BCUT2D eigenvalue weighted by Crippen LogP contribution is -2.32. The average molecular weight is 319 g/mol. The molecule has 0 spiro atoms. The van der Waals surface area contributed by atoms with Crippen molar-refractivity contribution in [1.82, 2.24) is 10.7 Å². The highest BCUT2D eigenvalue weighted by Crippen LogP contribution is 2.03. The molecule has 1 rings (SSSR count). The van der Waals surface area contributed by atoms with Crippen molar-refractivity contribution in [2.24, 2.45) is 11.0 Å². The quantitative estimate of drug-likeness (QED) is 0.340. The zero-order valence-corrected chi connectivity index (χ0v) is 13.5. The van der Waals surface area contributed by atoms with E-state index in [-0.39, 0.29) is 12.3 Å². The van der Waals surface area contributed by atoms with E-state index in [1.54, 1.807) is 24.3 Å². The van der Waals surface area contributed by atoms with Gasteiger partial charge in [0.2, 0.25) is 11.8 Å². The van der Waals surface area contributed by atoms with Crippen LogP contribution in [0.25, 0.3) is 0 Å². The Balaban J connectivity index is 2.41. The Kier molecular flexibility index (Phi) is 7.45. The first-order chi connectivity index (χ1) is 10.9.